The molecule has 0 N–H and O–H groups in total. The molecule has 0 aromatic heterocycles. The van der Waals surface area contributed by atoms with Gasteiger partial charge >= 0.3 is 0 Å². The predicted octanol–water partition coefficient (Wildman–Crippen LogP) is 1.84. The number of hydrogen-bond acceptors (Lipinski definition) is 4. The molecule has 2 heterocycles. The molecular weight excluding hydrogens is 206 g/mol. The summed E-state index contributed by atoms with van der Waals surface area (Å²) in [6.45, 7) is 2.64. The highest BCUT2D eigenvalue weighted by atomic mass is 32.2. The van der Waals surface area contributed by atoms with E-state index < -0.39 is 0 Å². The van der Waals surface area contributed by atoms with Crippen LogP contribution in [0.15, 0.2) is 0 Å². The van der Waals surface area contributed by atoms with E-state index in [0.29, 0.717) is 0 Å². The van der Waals surface area contributed by atoms with Gasteiger partial charge in [-0.05, 0) is 0 Å². The molecule has 4 heteroatoms. The molecule has 0 spiro atoms. The van der Waals surface area contributed by atoms with Gasteiger partial charge in [0, 0.05) is 41.9 Å². The van der Waals surface area contributed by atoms with Crippen LogP contribution in [0.5, 0.6) is 0 Å². The topological polar surface area (TPSA) is 3.24 Å². The van der Waals surface area contributed by atoms with E-state index in [4.69, 9.17) is 0 Å². The van der Waals surface area contributed by atoms with E-state index in [0.717, 1.165) is 5.37 Å². The van der Waals surface area contributed by atoms with Crippen molar-refractivity contribution in [1.82, 2.24) is 4.90 Å². The van der Waals surface area contributed by atoms with E-state index in [1.54, 1.807) is 0 Å². The molecule has 1 atom stereocenters. The lowest BCUT2D eigenvalue weighted by atomic mass is 10.5. The second kappa shape index (κ2) is 5.03. The van der Waals surface area contributed by atoms with Crippen LogP contribution in [-0.4, -0.2) is 52.1 Å². The monoisotopic (exact) mass is 221 g/mol. The molecule has 0 amide bonds. The first-order valence-electron chi connectivity index (χ1n) is 4.48. The maximum absolute atomic E-state index is 2.67. The summed E-state index contributed by atoms with van der Waals surface area (Å²) in [6.07, 6.45) is 0. The zero-order valence-corrected chi connectivity index (χ0v) is 9.65. The predicted molar refractivity (Wildman–Crippen MR) is 62.5 cm³/mol. The van der Waals surface area contributed by atoms with Gasteiger partial charge in [-0.15, -0.1) is 11.8 Å². The van der Waals surface area contributed by atoms with Crippen LogP contribution in [0.25, 0.3) is 0 Å². The Bertz CT molecular complexity index is 114. The summed E-state index contributed by atoms with van der Waals surface area (Å²) in [5.74, 6) is 6.78. The van der Waals surface area contributed by atoms with E-state index >= 15 is 0 Å². The van der Waals surface area contributed by atoms with Gasteiger partial charge in [0.2, 0.25) is 0 Å². The number of thioether (sulfide) groups is 3. The number of nitrogens with zero attached hydrogens (tertiary/aromatic N) is 1. The zero-order valence-electron chi connectivity index (χ0n) is 7.20. The van der Waals surface area contributed by atoms with Crippen LogP contribution in [0.4, 0.5) is 0 Å². The van der Waals surface area contributed by atoms with Crippen molar-refractivity contribution in [3.8, 4) is 0 Å². The lowest BCUT2D eigenvalue weighted by Crippen LogP contribution is -2.42. The lowest BCUT2D eigenvalue weighted by molar-refractivity contribution is 0.298. The highest BCUT2D eigenvalue weighted by molar-refractivity contribution is 8.06. The standard InChI is InChI=1S/C8H15NS3/c1-3-10-4-2-9(1)8-7-11-5-6-12-8/h8H,1-7H2. The average molecular weight is 221 g/mol. The Kier molecular flexibility index (Phi) is 4.01. The molecule has 2 aliphatic heterocycles. The number of rotatable bonds is 1. The summed E-state index contributed by atoms with van der Waals surface area (Å²) in [4.78, 5) is 2.67. The Morgan fingerprint density at radius 3 is 2.42 bits per heavy atom. The van der Waals surface area contributed by atoms with Crippen LogP contribution in [0, 0.1) is 0 Å². The van der Waals surface area contributed by atoms with Gasteiger partial charge in [0.05, 0.1) is 5.37 Å². The second-order valence-corrected chi connectivity index (χ2v) is 6.71. The molecule has 0 aromatic rings. The molecule has 2 aliphatic rings. The quantitative estimate of drug-likeness (QED) is 0.664. The highest BCUT2D eigenvalue weighted by Gasteiger charge is 2.22. The fraction of sp³-hybridized carbons (Fsp3) is 1.00. The summed E-state index contributed by atoms with van der Waals surface area (Å²) in [7, 11) is 0. The summed E-state index contributed by atoms with van der Waals surface area (Å²) in [5, 5.41) is 0.838. The van der Waals surface area contributed by atoms with Gasteiger partial charge in [0.1, 0.15) is 0 Å². The van der Waals surface area contributed by atoms with Crippen molar-refractivity contribution in [2.24, 2.45) is 0 Å². The Morgan fingerprint density at radius 2 is 1.75 bits per heavy atom. The van der Waals surface area contributed by atoms with Crippen molar-refractivity contribution in [3.05, 3.63) is 0 Å². The minimum absolute atomic E-state index is 0.838. The molecule has 12 heavy (non-hydrogen) atoms. The summed E-state index contributed by atoms with van der Waals surface area (Å²) < 4.78 is 0. The van der Waals surface area contributed by atoms with Gasteiger partial charge < -0.3 is 0 Å². The zero-order chi connectivity index (χ0) is 8.23. The van der Waals surface area contributed by atoms with Crippen molar-refractivity contribution in [2.45, 2.75) is 5.37 Å². The van der Waals surface area contributed by atoms with Crippen LogP contribution < -0.4 is 0 Å². The molecule has 0 aromatic carbocycles. The normalized spacial score (nSPS) is 33.5. The Balaban J connectivity index is 1.80. The van der Waals surface area contributed by atoms with Crippen LogP contribution in [0.1, 0.15) is 0 Å². The van der Waals surface area contributed by atoms with Crippen molar-refractivity contribution < 1.29 is 0 Å². The van der Waals surface area contributed by atoms with Gasteiger partial charge in [-0.25, -0.2) is 0 Å². The van der Waals surface area contributed by atoms with Crippen molar-refractivity contribution in [3.63, 3.8) is 0 Å². The third-order valence-electron chi connectivity index (χ3n) is 2.25. The molecule has 0 radical (unpaired) electrons. The molecule has 2 rings (SSSR count). The first-order chi connectivity index (χ1) is 5.97. The minimum atomic E-state index is 0.838. The SMILES string of the molecule is C1CN(C2CSCCS2)CCS1. The lowest BCUT2D eigenvalue weighted by Gasteiger charge is -2.35. The maximum Gasteiger partial charge on any atom is 0.0649 e. The van der Waals surface area contributed by atoms with Crippen LogP contribution in [0.2, 0.25) is 0 Å². The van der Waals surface area contributed by atoms with E-state index in [1.807, 2.05) is 0 Å². The Morgan fingerprint density at radius 1 is 0.917 bits per heavy atom. The Labute approximate surface area is 87.4 Å². The third-order valence-corrected chi connectivity index (χ3v) is 6.00. The molecule has 1 nitrogen and oxygen atoms in total. The fourth-order valence-electron chi connectivity index (χ4n) is 1.55. The number of hydrogen-bond donors (Lipinski definition) is 0. The van der Waals surface area contributed by atoms with Crippen LogP contribution in [0.3, 0.4) is 0 Å². The van der Waals surface area contributed by atoms with E-state index in [2.05, 4.69) is 40.2 Å². The second-order valence-electron chi connectivity index (χ2n) is 3.05. The molecule has 1 unspecified atom stereocenters. The third kappa shape index (κ3) is 2.50. The molecule has 2 saturated heterocycles. The summed E-state index contributed by atoms with van der Waals surface area (Å²) in [5.41, 5.74) is 0. The smallest absolute Gasteiger partial charge is 0.0649 e. The van der Waals surface area contributed by atoms with Gasteiger partial charge in [-0.1, -0.05) is 0 Å². The largest absolute Gasteiger partial charge is 0.289 e. The van der Waals surface area contributed by atoms with Crippen molar-refractivity contribution in [2.75, 3.05) is 41.9 Å². The molecule has 0 bridgehead atoms. The molecule has 70 valence electrons. The Hall–Kier alpha value is 1.01. The molecule has 0 saturated carbocycles. The summed E-state index contributed by atoms with van der Waals surface area (Å²) >= 11 is 6.40. The average Bonchev–Trinajstić information content (AvgIpc) is 2.21. The molecule has 2 fully saturated rings. The fourth-order valence-corrected chi connectivity index (χ4v) is 5.29. The van der Waals surface area contributed by atoms with Crippen molar-refractivity contribution in [1.29, 1.82) is 0 Å². The van der Waals surface area contributed by atoms with E-state index in [1.165, 1.54) is 41.9 Å². The first kappa shape index (κ1) is 9.56. The van der Waals surface area contributed by atoms with Gasteiger partial charge in [0.15, 0.2) is 0 Å². The first-order valence-corrected chi connectivity index (χ1v) is 7.84. The molecular formula is C8H15NS3. The maximum atomic E-state index is 2.67. The highest BCUT2D eigenvalue weighted by Crippen LogP contribution is 2.28. The van der Waals surface area contributed by atoms with Gasteiger partial charge in [0.25, 0.3) is 0 Å². The summed E-state index contributed by atoms with van der Waals surface area (Å²) in [6, 6.07) is 0. The van der Waals surface area contributed by atoms with Crippen LogP contribution >= 0.6 is 35.3 Å². The van der Waals surface area contributed by atoms with Gasteiger partial charge in [-0.2, -0.15) is 23.5 Å². The van der Waals surface area contributed by atoms with E-state index in [9.17, 15) is 0 Å². The van der Waals surface area contributed by atoms with E-state index in [-0.39, 0.29) is 0 Å². The van der Waals surface area contributed by atoms with Crippen LogP contribution in [-0.2, 0) is 0 Å². The van der Waals surface area contributed by atoms with Crippen molar-refractivity contribution >= 4 is 35.3 Å². The molecule has 0 aliphatic carbocycles. The minimum Gasteiger partial charge on any atom is -0.289 e. The van der Waals surface area contributed by atoms with Gasteiger partial charge in [-0.3, -0.25) is 4.90 Å².